The average molecular weight is 379 g/mol. The number of amides is 2. The lowest BCUT2D eigenvalue weighted by molar-refractivity contribution is -0.387. The monoisotopic (exact) mass is 379 g/mol. The van der Waals surface area contributed by atoms with Gasteiger partial charge in [-0.15, -0.1) is 10.2 Å². The summed E-state index contributed by atoms with van der Waals surface area (Å²) in [6.07, 6.45) is 0.319. The minimum atomic E-state index is -0.979. The molecule has 9 nitrogen and oxygen atoms in total. The maximum atomic E-state index is 13.3. The number of thioether (sulfide) groups is 1. The molecule has 136 valence electrons. The minimum absolute atomic E-state index is 0.0273. The molecule has 0 aliphatic rings. The van der Waals surface area contributed by atoms with Gasteiger partial charge >= 0.3 is 5.69 Å². The molecule has 0 aliphatic carbocycles. The van der Waals surface area contributed by atoms with E-state index in [-0.39, 0.29) is 17.3 Å². The molecule has 1 aromatic heterocycles. The second-order valence-electron chi connectivity index (χ2n) is 4.92. The Morgan fingerprint density at radius 1 is 1.19 bits per heavy atom. The van der Waals surface area contributed by atoms with Gasteiger partial charge in [0.15, 0.2) is 5.82 Å². The molecule has 0 bridgehead atoms. The number of carbonyl (C=O) groups excluding carboxylic acids is 2. The number of nitrogens with one attached hydrogen (secondary N) is 2. The number of rotatable bonds is 7. The molecule has 11 heteroatoms. The zero-order valence-electron chi connectivity index (χ0n) is 13.6. The highest BCUT2D eigenvalue weighted by Gasteiger charge is 2.15. The number of aromatic nitrogens is 2. The Balaban J connectivity index is 1.90. The van der Waals surface area contributed by atoms with E-state index in [0.29, 0.717) is 17.3 Å². The number of anilines is 2. The van der Waals surface area contributed by atoms with Gasteiger partial charge in [-0.1, -0.05) is 18.7 Å². The van der Waals surface area contributed by atoms with Crippen LogP contribution in [0.3, 0.4) is 0 Å². The molecular weight excluding hydrogens is 365 g/mol. The number of nitrogens with zero attached hydrogens (tertiary/aromatic N) is 3. The highest BCUT2D eigenvalue weighted by Crippen LogP contribution is 2.22. The number of nitro groups is 1. The summed E-state index contributed by atoms with van der Waals surface area (Å²) < 4.78 is 13.3. The molecule has 2 N–H and O–H groups in total. The molecule has 0 radical (unpaired) electrons. The Hall–Kier alpha value is -3.08. The van der Waals surface area contributed by atoms with Crippen molar-refractivity contribution in [2.24, 2.45) is 0 Å². The summed E-state index contributed by atoms with van der Waals surface area (Å²) in [6, 6.07) is 6.25. The SMILES string of the molecule is CCC(=O)Nc1ccc(SCC(=O)Nc2ccc(F)c([N+](=O)[O-])c2)nn1. The van der Waals surface area contributed by atoms with Gasteiger partial charge in [0.05, 0.1) is 10.7 Å². The standard InChI is InChI=1S/C15H14FN5O4S/c1-2-13(22)18-12-5-6-15(20-19-12)26-8-14(23)17-9-3-4-10(16)11(7-9)21(24)25/h3-7H,2,8H2,1H3,(H,17,23)(H,18,19,22). The molecule has 0 spiro atoms. The van der Waals surface area contributed by atoms with Crippen LogP contribution in [0.2, 0.25) is 0 Å². The van der Waals surface area contributed by atoms with Crippen LogP contribution < -0.4 is 10.6 Å². The first kappa shape index (κ1) is 19.2. The normalized spacial score (nSPS) is 10.2. The van der Waals surface area contributed by atoms with Crippen LogP contribution in [0.15, 0.2) is 35.4 Å². The number of carbonyl (C=O) groups is 2. The molecule has 2 amide bonds. The van der Waals surface area contributed by atoms with Crippen LogP contribution in [0.5, 0.6) is 0 Å². The highest BCUT2D eigenvalue weighted by atomic mass is 32.2. The molecule has 0 saturated carbocycles. The van der Waals surface area contributed by atoms with Crippen molar-refractivity contribution in [1.29, 1.82) is 0 Å². The van der Waals surface area contributed by atoms with Crippen LogP contribution in [0.1, 0.15) is 13.3 Å². The summed E-state index contributed by atoms with van der Waals surface area (Å²) in [4.78, 5) is 33.0. The zero-order chi connectivity index (χ0) is 19.1. The second-order valence-corrected chi connectivity index (χ2v) is 5.91. The van der Waals surface area contributed by atoms with E-state index in [9.17, 15) is 24.1 Å². The quantitative estimate of drug-likeness (QED) is 0.430. The molecule has 2 rings (SSSR count). The van der Waals surface area contributed by atoms with Gasteiger partial charge in [0.2, 0.25) is 17.6 Å². The van der Waals surface area contributed by atoms with Gasteiger partial charge in [0, 0.05) is 18.2 Å². The fourth-order valence-electron chi connectivity index (χ4n) is 1.76. The van der Waals surface area contributed by atoms with E-state index in [4.69, 9.17) is 0 Å². The number of hydrogen-bond donors (Lipinski definition) is 2. The van der Waals surface area contributed by atoms with Crippen molar-refractivity contribution < 1.29 is 18.9 Å². The van der Waals surface area contributed by atoms with Crippen LogP contribution in [0.25, 0.3) is 0 Å². The van der Waals surface area contributed by atoms with E-state index in [0.717, 1.165) is 23.9 Å². The molecule has 0 fully saturated rings. The maximum Gasteiger partial charge on any atom is 0.306 e. The lowest BCUT2D eigenvalue weighted by Crippen LogP contribution is -2.14. The summed E-state index contributed by atoms with van der Waals surface area (Å²) in [5.74, 6) is -1.33. The molecular formula is C15H14FN5O4S. The van der Waals surface area contributed by atoms with E-state index in [2.05, 4.69) is 20.8 Å². The zero-order valence-corrected chi connectivity index (χ0v) is 14.4. The molecule has 0 unspecified atom stereocenters. The van der Waals surface area contributed by atoms with Crippen molar-refractivity contribution in [3.05, 3.63) is 46.3 Å². The van der Waals surface area contributed by atoms with E-state index < -0.39 is 22.3 Å². The Bertz CT molecular complexity index is 831. The molecule has 26 heavy (non-hydrogen) atoms. The largest absolute Gasteiger partial charge is 0.325 e. The topological polar surface area (TPSA) is 127 Å². The third kappa shape index (κ3) is 5.48. The third-order valence-corrected chi connectivity index (χ3v) is 3.93. The molecule has 0 aliphatic heterocycles. The lowest BCUT2D eigenvalue weighted by Gasteiger charge is -2.06. The van der Waals surface area contributed by atoms with Crippen LogP contribution in [-0.2, 0) is 9.59 Å². The first-order chi connectivity index (χ1) is 12.4. The number of benzene rings is 1. The Kier molecular flexibility index (Phi) is 6.55. The van der Waals surface area contributed by atoms with Gasteiger partial charge in [0.25, 0.3) is 0 Å². The smallest absolute Gasteiger partial charge is 0.306 e. The van der Waals surface area contributed by atoms with Gasteiger partial charge in [0.1, 0.15) is 5.03 Å². The summed E-state index contributed by atoms with van der Waals surface area (Å²) in [6.45, 7) is 1.71. The van der Waals surface area contributed by atoms with Crippen molar-refractivity contribution in [1.82, 2.24) is 10.2 Å². The first-order valence-corrected chi connectivity index (χ1v) is 8.37. The minimum Gasteiger partial charge on any atom is -0.325 e. The summed E-state index contributed by atoms with van der Waals surface area (Å²) >= 11 is 1.09. The molecule has 0 atom stereocenters. The highest BCUT2D eigenvalue weighted by molar-refractivity contribution is 7.99. The Morgan fingerprint density at radius 2 is 1.96 bits per heavy atom. The van der Waals surface area contributed by atoms with E-state index in [1.165, 1.54) is 6.07 Å². The van der Waals surface area contributed by atoms with Crippen molar-refractivity contribution in [2.45, 2.75) is 18.4 Å². The Morgan fingerprint density at radius 3 is 2.58 bits per heavy atom. The fraction of sp³-hybridized carbons (Fsp3) is 0.200. The van der Waals surface area contributed by atoms with Crippen molar-refractivity contribution in [2.75, 3.05) is 16.4 Å². The van der Waals surface area contributed by atoms with Gasteiger partial charge < -0.3 is 10.6 Å². The number of nitro benzene ring substituents is 1. The average Bonchev–Trinajstić information content (AvgIpc) is 2.62. The van der Waals surface area contributed by atoms with Gasteiger partial charge in [-0.25, -0.2) is 0 Å². The first-order valence-electron chi connectivity index (χ1n) is 7.39. The summed E-state index contributed by atoms with van der Waals surface area (Å²) in [5.41, 5.74) is -0.599. The second kappa shape index (κ2) is 8.85. The Labute approximate surface area is 151 Å². The molecule has 2 aromatic rings. The van der Waals surface area contributed by atoms with Gasteiger partial charge in [-0.05, 0) is 24.3 Å². The van der Waals surface area contributed by atoms with Gasteiger partial charge in [-0.3, -0.25) is 19.7 Å². The maximum absolute atomic E-state index is 13.3. The van der Waals surface area contributed by atoms with Crippen molar-refractivity contribution in [3.8, 4) is 0 Å². The fourth-order valence-corrected chi connectivity index (χ4v) is 2.38. The van der Waals surface area contributed by atoms with Crippen LogP contribution in [-0.4, -0.2) is 32.7 Å². The molecule has 1 heterocycles. The van der Waals surface area contributed by atoms with Gasteiger partial charge in [-0.2, -0.15) is 4.39 Å². The van der Waals surface area contributed by atoms with E-state index >= 15 is 0 Å². The summed E-state index contributed by atoms with van der Waals surface area (Å²) in [5, 5.41) is 23.8. The third-order valence-electron chi connectivity index (χ3n) is 3.01. The predicted molar refractivity (Wildman–Crippen MR) is 93.4 cm³/mol. The van der Waals surface area contributed by atoms with Crippen LogP contribution in [0, 0.1) is 15.9 Å². The van der Waals surface area contributed by atoms with Crippen LogP contribution >= 0.6 is 11.8 Å². The molecule has 0 saturated heterocycles. The predicted octanol–water partition coefficient (Wildman–Crippen LogP) is 2.60. The lowest BCUT2D eigenvalue weighted by atomic mass is 10.2. The summed E-state index contributed by atoms with van der Waals surface area (Å²) in [7, 11) is 0. The number of halogens is 1. The van der Waals surface area contributed by atoms with E-state index in [1.807, 2.05) is 0 Å². The van der Waals surface area contributed by atoms with Crippen LogP contribution in [0.4, 0.5) is 21.6 Å². The number of hydrogen-bond acceptors (Lipinski definition) is 7. The molecule has 1 aromatic carbocycles. The van der Waals surface area contributed by atoms with Crippen molar-refractivity contribution in [3.63, 3.8) is 0 Å². The van der Waals surface area contributed by atoms with Crippen molar-refractivity contribution >= 4 is 40.8 Å². The van der Waals surface area contributed by atoms with E-state index in [1.54, 1.807) is 19.1 Å².